The Balaban J connectivity index is 0.676. The SMILES string of the molecule is CC(=O)c1c(C)c2cnc(Nc3ccc(N4CCN(C(=O)CCCCCCCC(=O)N(C)[C@@H](C)C(=O)N[C@H](C(=O)N5CCC[C@H]5Cc5nc(C(=O)c6ccc(F)cc6)cs5)C5CCCCC5)CC4)cn3)nc2n(C2CCCC2)c1=O. The number of piperazine rings is 1. The number of rotatable bonds is 22. The van der Waals surface area contributed by atoms with Crippen molar-refractivity contribution >= 4 is 75.0 Å². The molecule has 1 aromatic carbocycles. The molecule has 80 heavy (non-hydrogen) atoms. The van der Waals surface area contributed by atoms with Crippen LogP contribution in [0.3, 0.4) is 0 Å². The van der Waals surface area contributed by atoms with Gasteiger partial charge in [-0.3, -0.25) is 38.1 Å². The van der Waals surface area contributed by atoms with Crippen LogP contribution in [-0.2, 0) is 25.6 Å². The predicted molar refractivity (Wildman–Crippen MR) is 306 cm³/mol. The smallest absolute Gasteiger partial charge is 0.263 e. The standard InChI is InChI=1S/C60H76FN11O7S/c1-38-47-36-63-60(67-56(47)72(44-18-13-14-19-44)58(78)53(38)40(3)73)65-49-28-27-46(35-62-49)69-30-32-70(33-31-69)52(75)22-12-7-5-6-11-21-51(74)68(4)39(2)57(77)66-54(41-16-9-8-10-17-41)59(79)71-29-15-20-45(71)34-50-64-48(37-80-50)55(76)42-23-25-43(61)26-24-42/h23-28,35-37,39,41,44-45,54H,5-22,29-34H2,1-4H3,(H,66,77)(H,62,63,65,67)/t39-,45-,54-/m0/s1. The largest absolute Gasteiger partial charge is 0.367 e. The molecule has 18 nitrogen and oxygen atoms in total. The Morgan fingerprint density at radius 3 is 2.20 bits per heavy atom. The fourth-order valence-electron chi connectivity index (χ4n) is 12.2. The number of benzene rings is 1. The highest BCUT2D eigenvalue weighted by Gasteiger charge is 2.40. The van der Waals surface area contributed by atoms with E-state index in [1.165, 1.54) is 47.4 Å². The number of likely N-dealkylation sites (N-methyl/N-ethyl adjacent to an activating group) is 1. The van der Waals surface area contributed by atoms with E-state index in [1.807, 2.05) is 21.9 Å². The number of likely N-dealkylation sites (tertiary alicyclic amines) is 1. The number of carbonyl (C=O) groups is 6. The first-order valence-electron chi connectivity index (χ1n) is 28.9. The van der Waals surface area contributed by atoms with Crippen LogP contribution in [0, 0.1) is 18.7 Å². The zero-order valence-electron chi connectivity index (χ0n) is 46.7. The van der Waals surface area contributed by atoms with Crippen LogP contribution in [-0.4, -0.2) is 132 Å². The topological polar surface area (TPSA) is 213 Å². The first-order chi connectivity index (χ1) is 38.6. The highest BCUT2D eigenvalue weighted by atomic mass is 32.1. The van der Waals surface area contributed by atoms with Crippen LogP contribution in [0.15, 0.2) is 59.0 Å². The maximum atomic E-state index is 14.5. The lowest BCUT2D eigenvalue weighted by atomic mass is 9.83. The van der Waals surface area contributed by atoms with Gasteiger partial charge in [0, 0.05) is 93.6 Å². The van der Waals surface area contributed by atoms with E-state index in [0.29, 0.717) is 98.0 Å². The second kappa shape index (κ2) is 26.5. The molecular weight excluding hydrogens is 1040 g/mol. The van der Waals surface area contributed by atoms with E-state index >= 15 is 0 Å². The van der Waals surface area contributed by atoms with E-state index in [9.17, 15) is 38.0 Å². The number of pyridine rings is 2. The van der Waals surface area contributed by atoms with Crippen molar-refractivity contribution in [1.82, 2.24) is 44.5 Å². The minimum atomic E-state index is -0.769. The van der Waals surface area contributed by atoms with Gasteiger partial charge in [-0.15, -0.1) is 11.3 Å². The minimum Gasteiger partial charge on any atom is -0.367 e. The molecule has 426 valence electrons. The van der Waals surface area contributed by atoms with Crippen molar-refractivity contribution in [3.8, 4) is 0 Å². The maximum Gasteiger partial charge on any atom is 0.263 e. The number of aromatic nitrogens is 5. The number of nitrogens with one attached hydrogen (secondary N) is 2. The number of hydrogen-bond donors (Lipinski definition) is 2. The number of anilines is 3. The maximum absolute atomic E-state index is 14.5. The van der Waals surface area contributed by atoms with E-state index in [2.05, 4.69) is 30.5 Å². The number of halogens is 1. The van der Waals surface area contributed by atoms with Gasteiger partial charge in [-0.05, 0) is 120 Å². The number of hydrogen-bond acceptors (Lipinski definition) is 14. The first-order valence-corrected chi connectivity index (χ1v) is 29.8. The number of unbranched alkanes of at least 4 members (excludes halogenated alkanes) is 4. The summed E-state index contributed by atoms with van der Waals surface area (Å²) >= 11 is 1.37. The molecule has 0 bridgehead atoms. The van der Waals surface area contributed by atoms with Gasteiger partial charge in [0.1, 0.15) is 35.1 Å². The number of ketones is 2. The molecule has 6 heterocycles. The summed E-state index contributed by atoms with van der Waals surface area (Å²) in [6.45, 7) is 8.07. The summed E-state index contributed by atoms with van der Waals surface area (Å²) in [5, 5.41) is 9.44. The van der Waals surface area contributed by atoms with Gasteiger partial charge in [-0.2, -0.15) is 4.98 Å². The Morgan fingerprint density at radius 2 is 1.50 bits per heavy atom. The quantitative estimate of drug-likeness (QED) is 0.0490. The lowest BCUT2D eigenvalue weighted by Crippen LogP contribution is -2.57. The lowest BCUT2D eigenvalue weighted by molar-refractivity contribution is -0.142. The molecule has 4 fully saturated rings. The number of amides is 4. The van der Waals surface area contributed by atoms with Crippen molar-refractivity contribution < 1.29 is 33.2 Å². The zero-order chi connectivity index (χ0) is 56.5. The number of carbonyl (C=O) groups excluding carboxylic acids is 6. The number of thiazole rings is 1. The van der Waals surface area contributed by atoms with E-state index in [-0.39, 0.29) is 64.3 Å². The summed E-state index contributed by atoms with van der Waals surface area (Å²) in [6, 6.07) is 7.62. The third kappa shape index (κ3) is 13.6. The zero-order valence-corrected chi connectivity index (χ0v) is 47.5. The van der Waals surface area contributed by atoms with Crippen LogP contribution in [0.5, 0.6) is 0 Å². The Hall–Kier alpha value is -6.96. The molecule has 5 aromatic rings. The van der Waals surface area contributed by atoms with E-state index < -0.39 is 17.9 Å². The van der Waals surface area contributed by atoms with E-state index in [4.69, 9.17) is 4.98 Å². The third-order valence-electron chi connectivity index (χ3n) is 17.0. The number of fused-ring (bicyclic) bond motifs is 1. The van der Waals surface area contributed by atoms with Gasteiger partial charge in [-0.25, -0.2) is 19.3 Å². The Labute approximate surface area is 471 Å². The molecule has 0 spiro atoms. The van der Waals surface area contributed by atoms with Crippen LogP contribution >= 0.6 is 11.3 Å². The molecule has 0 radical (unpaired) electrons. The van der Waals surface area contributed by atoms with E-state index in [1.54, 1.807) is 43.2 Å². The summed E-state index contributed by atoms with van der Waals surface area (Å²) < 4.78 is 15.2. The third-order valence-corrected chi connectivity index (χ3v) is 17.9. The molecule has 0 unspecified atom stereocenters. The molecule has 4 amide bonds. The van der Waals surface area contributed by atoms with Crippen LogP contribution < -0.4 is 21.1 Å². The molecule has 2 N–H and O–H groups in total. The van der Waals surface area contributed by atoms with Gasteiger partial charge in [0.2, 0.25) is 35.4 Å². The highest BCUT2D eigenvalue weighted by Crippen LogP contribution is 2.34. The summed E-state index contributed by atoms with van der Waals surface area (Å²) in [5.41, 5.74) is 2.60. The molecule has 2 saturated carbocycles. The van der Waals surface area contributed by atoms with Crippen molar-refractivity contribution in [2.75, 3.05) is 50.0 Å². The fourth-order valence-corrected chi connectivity index (χ4v) is 13.0. The summed E-state index contributed by atoms with van der Waals surface area (Å²) in [4.78, 5) is 120. The normalized spacial score (nSPS) is 17.9. The van der Waals surface area contributed by atoms with Gasteiger partial charge in [0.25, 0.3) is 5.56 Å². The number of aryl methyl sites for hydroxylation is 1. The van der Waals surface area contributed by atoms with Crippen LogP contribution in [0.1, 0.15) is 172 Å². The second-order valence-electron chi connectivity index (χ2n) is 22.3. The summed E-state index contributed by atoms with van der Waals surface area (Å²) in [7, 11) is 1.65. The second-order valence-corrected chi connectivity index (χ2v) is 23.3. The van der Waals surface area contributed by atoms with Gasteiger partial charge < -0.3 is 30.2 Å². The highest BCUT2D eigenvalue weighted by molar-refractivity contribution is 7.09. The Bertz CT molecular complexity index is 3090. The average Bonchev–Trinajstić information content (AvgIpc) is 4.31. The average molecular weight is 1110 g/mol. The fraction of sp³-hybridized carbons (Fsp3) is 0.550. The molecule has 9 rings (SSSR count). The molecule has 20 heteroatoms. The first kappa shape index (κ1) is 57.7. The van der Waals surface area contributed by atoms with Crippen molar-refractivity contribution in [3.05, 3.63) is 97.7 Å². The molecule has 4 aliphatic rings. The summed E-state index contributed by atoms with van der Waals surface area (Å²) in [6.07, 6.45) is 18.9. The number of Topliss-reactive ketones (excluding diaryl/α,β-unsaturated/α-hetero) is 1. The van der Waals surface area contributed by atoms with Crippen molar-refractivity contribution in [2.24, 2.45) is 5.92 Å². The van der Waals surface area contributed by atoms with Gasteiger partial charge in [0.05, 0.1) is 22.5 Å². The lowest BCUT2D eigenvalue weighted by Gasteiger charge is -2.36. The number of nitrogens with zero attached hydrogens (tertiary/aromatic N) is 9. The van der Waals surface area contributed by atoms with E-state index in [0.717, 1.165) is 107 Å². The minimum absolute atomic E-state index is 0.00424. The van der Waals surface area contributed by atoms with Crippen molar-refractivity contribution in [3.63, 3.8) is 0 Å². The Morgan fingerprint density at radius 1 is 0.800 bits per heavy atom. The van der Waals surface area contributed by atoms with Gasteiger partial charge >= 0.3 is 0 Å². The van der Waals surface area contributed by atoms with Crippen molar-refractivity contribution in [1.29, 1.82) is 0 Å². The molecular formula is C60H76FN11O7S. The molecule has 2 saturated heterocycles. The van der Waals surface area contributed by atoms with Crippen molar-refractivity contribution in [2.45, 2.75) is 167 Å². The van der Waals surface area contributed by atoms with Crippen LogP contribution in [0.4, 0.5) is 21.8 Å². The molecule has 2 aliphatic carbocycles. The monoisotopic (exact) mass is 1110 g/mol. The molecule has 4 aromatic heterocycles. The Kier molecular flexibility index (Phi) is 19.1. The summed E-state index contributed by atoms with van der Waals surface area (Å²) in [5.74, 6) is -0.539. The molecule has 3 atom stereocenters. The molecule has 2 aliphatic heterocycles. The van der Waals surface area contributed by atoms with Gasteiger partial charge in [-0.1, -0.05) is 51.4 Å². The van der Waals surface area contributed by atoms with Gasteiger partial charge in [0.15, 0.2) is 5.78 Å². The van der Waals surface area contributed by atoms with Crippen LogP contribution in [0.25, 0.3) is 11.0 Å². The predicted octanol–water partition coefficient (Wildman–Crippen LogP) is 8.91. The van der Waals surface area contributed by atoms with Crippen LogP contribution in [0.2, 0.25) is 0 Å².